The van der Waals surface area contributed by atoms with E-state index >= 15 is 0 Å². The molecule has 0 unspecified atom stereocenters. The van der Waals surface area contributed by atoms with Crippen LogP contribution in [0.25, 0.3) is 76.2 Å². The predicted octanol–water partition coefficient (Wildman–Crippen LogP) is 13.0. The SMILES string of the molecule is [C-]#[N+]c1ccc(N(c2ccc(-c3ccc4c5c3ccc3cccc(c35)n4-c3ccccc3)cc2)c2ccc3c(c2)oc2ccccc23)cc1. The largest absolute Gasteiger partial charge is 0.456 e. The summed E-state index contributed by atoms with van der Waals surface area (Å²) in [5, 5.41) is 7.28. The van der Waals surface area contributed by atoms with E-state index in [9.17, 15) is 0 Å². The van der Waals surface area contributed by atoms with Gasteiger partial charge in [0.05, 0.1) is 17.6 Å². The summed E-state index contributed by atoms with van der Waals surface area (Å²) in [4.78, 5) is 5.84. The Morgan fingerprint density at radius 1 is 0.510 bits per heavy atom. The molecule has 0 fully saturated rings. The lowest BCUT2D eigenvalue weighted by atomic mass is 9.94. The Labute approximate surface area is 282 Å². The first-order valence-corrected chi connectivity index (χ1v) is 16.4. The van der Waals surface area contributed by atoms with Crippen molar-refractivity contribution >= 4 is 77.3 Å². The molecule has 228 valence electrons. The highest BCUT2D eigenvalue weighted by Crippen LogP contribution is 2.44. The van der Waals surface area contributed by atoms with E-state index in [1.54, 1.807) is 0 Å². The Bertz CT molecular complexity index is 2870. The molecule has 4 heteroatoms. The summed E-state index contributed by atoms with van der Waals surface area (Å²) in [6.07, 6.45) is 0. The first-order valence-electron chi connectivity index (χ1n) is 16.4. The second kappa shape index (κ2) is 10.6. The molecule has 0 amide bonds. The van der Waals surface area contributed by atoms with E-state index in [0.717, 1.165) is 50.3 Å². The second-order valence-corrected chi connectivity index (χ2v) is 12.5. The molecule has 0 saturated heterocycles. The first kappa shape index (κ1) is 27.3. The van der Waals surface area contributed by atoms with Crippen LogP contribution in [-0.4, -0.2) is 4.57 Å². The van der Waals surface area contributed by atoms with Gasteiger partial charge in [-0.3, -0.25) is 0 Å². The Morgan fingerprint density at radius 2 is 1.20 bits per heavy atom. The fourth-order valence-corrected chi connectivity index (χ4v) is 7.56. The lowest BCUT2D eigenvalue weighted by Gasteiger charge is -2.26. The average Bonchev–Trinajstić information content (AvgIpc) is 3.71. The fourth-order valence-electron chi connectivity index (χ4n) is 7.56. The number of benzene rings is 8. The molecule has 2 heterocycles. The molecule has 10 rings (SSSR count). The molecule has 0 atom stereocenters. The molecule has 8 aromatic carbocycles. The average molecular weight is 626 g/mol. The maximum absolute atomic E-state index is 7.47. The van der Waals surface area contributed by atoms with Gasteiger partial charge in [-0.25, -0.2) is 4.85 Å². The second-order valence-electron chi connectivity index (χ2n) is 12.5. The molecular formula is C45H27N3O. The minimum atomic E-state index is 0.612. The summed E-state index contributed by atoms with van der Waals surface area (Å²) in [5.74, 6) is 0. The molecule has 49 heavy (non-hydrogen) atoms. The number of para-hydroxylation sites is 2. The summed E-state index contributed by atoms with van der Waals surface area (Å²) in [6, 6.07) is 57.3. The van der Waals surface area contributed by atoms with Crippen LogP contribution in [0, 0.1) is 6.57 Å². The van der Waals surface area contributed by atoms with Crippen LogP contribution in [0.4, 0.5) is 22.7 Å². The van der Waals surface area contributed by atoms with Gasteiger partial charge in [0.15, 0.2) is 5.69 Å². The van der Waals surface area contributed by atoms with Gasteiger partial charge < -0.3 is 13.9 Å². The molecule has 4 nitrogen and oxygen atoms in total. The number of aromatic nitrogens is 1. The van der Waals surface area contributed by atoms with Crippen LogP contribution < -0.4 is 4.90 Å². The van der Waals surface area contributed by atoms with Crippen LogP contribution in [0.3, 0.4) is 0 Å². The van der Waals surface area contributed by atoms with Crippen molar-refractivity contribution in [3.63, 3.8) is 0 Å². The molecule has 10 aromatic rings. The highest BCUT2D eigenvalue weighted by atomic mass is 16.3. The number of fused-ring (bicyclic) bond motifs is 3. The van der Waals surface area contributed by atoms with Crippen molar-refractivity contribution in [1.29, 1.82) is 0 Å². The number of hydrogen-bond acceptors (Lipinski definition) is 2. The van der Waals surface area contributed by atoms with Gasteiger partial charge in [0.2, 0.25) is 0 Å². The van der Waals surface area contributed by atoms with Crippen LogP contribution in [0.2, 0.25) is 0 Å². The van der Waals surface area contributed by atoms with Crippen LogP contribution in [-0.2, 0) is 0 Å². The normalized spacial score (nSPS) is 11.7. The lowest BCUT2D eigenvalue weighted by Crippen LogP contribution is -2.09. The smallest absolute Gasteiger partial charge is 0.187 e. The molecular weight excluding hydrogens is 599 g/mol. The third-order valence-electron chi connectivity index (χ3n) is 9.77. The maximum atomic E-state index is 7.47. The van der Waals surface area contributed by atoms with Gasteiger partial charge in [-0.05, 0) is 88.6 Å². The number of nitrogens with zero attached hydrogens (tertiary/aromatic N) is 3. The summed E-state index contributed by atoms with van der Waals surface area (Å²) in [7, 11) is 0. The summed E-state index contributed by atoms with van der Waals surface area (Å²) < 4.78 is 8.66. The lowest BCUT2D eigenvalue weighted by molar-refractivity contribution is 0.669. The minimum absolute atomic E-state index is 0.612. The summed E-state index contributed by atoms with van der Waals surface area (Å²) in [6.45, 7) is 7.47. The van der Waals surface area contributed by atoms with E-state index in [-0.39, 0.29) is 0 Å². The van der Waals surface area contributed by atoms with Gasteiger partial charge in [0.25, 0.3) is 0 Å². The van der Waals surface area contributed by atoms with E-state index in [1.165, 1.54) is 38.1 Å². The van der Waals surface area contributed by atoms with Crippen molar-refractivity contribution < 1.29 is 4.42 Å². The highest BCUT2D eigenvalue weighted by molar-refractivity contribution is 6.26. The fraction of sp³-hybridized carbons (Fsp3) is 0. The van der Waals surface area contributed by atoms with Gasteiger partial charge in [0.1, 0.15) is 11.2 Å². The van der Waals surface area contributed by atoms with Gasteiger partial charge in [-0.2, -0.15) is 0 Å². The zero-order valence-electron chi connectivity index (χ0n) is 26.3. The zero-order valence-corrected chi connectivity index (χ0v) is 26.3. The molecule has 0 saturated carbocycles. The molecule has 0 N–H and O–H groups in total. The van der Waals surface area contributed by atoms with Crippen molar-refractivity contribution in [3.8, 4) is 16.8 Å². The van der Waals surface area contributed by atoms with Gasteiger partial charge in [-0.15, -0.1) is 0 Å². The van der Waals surface area contributed by atoms with Gasteiger partial charge in [-0.1, -0.05) is 91.0 Å². The monoisotopic (exact) mass is 625 g/mol. The predicted molar refractivity (Wildman–Crippen MR) is 203 cm³/mol. The van der Waals surface area contributed by atoms with E-state index < -0.39 is 0 Å². The van der Waals surface area contributed by atoms with Crippen molar-refractivity contribution in [2.45, 2.75) is 0 Å². The van der Waals surface area contributed by atoms with Gasteiger partial charge >= 0.3 is 0 Å². The topological polar surface area (TPSA) is 25.7 Å². The van der Waals surface area contributed by atoms with Crippen molar-refractivity contribution in [3.05, 3.63) is 175 Å². The zero-order chi connectivity index (χ0) is 32.5. The van der Waals surface area contributed by atoms with Crippen molar-refractivity contribution in [1.82, 2.24) is 4.57 Å². The third-order valence-corrected chi connectivity index (χ3v) is 9.77. The van der Waals surface area contributed by atoms with Crippen LogP contribution in [0.1, 0.15) is 0 Å². The maximum Gasteiger partial charge on any atom is 0.187 e. The minimum Gasteiger partial charge on any atom is -0.456 e. The van der Waals surface area contributed by atoms with Gasteiger partial charge in [0, 0.05) is 50.4 Å². The summed E-state index contributed by atoms with van der Waals surface area (Å²) in [5.41, 5.74) is 11.2. The summed E-state index contributed by atoms with van der Waals surface area (Å²) >= 11 is 0. The number of furan rings is 1. The third kappa shape index (κ3) is 4.16. The van der Waals surface area contributed by atoms with Crippen LogP contribution >= 0.6 is 0 Å². The van der Waals surface area contributed by atoms with Crippen LogP contribution in [0.15, 0.2) is 168 Å². The standard InChI is InChI=1S/C45H27N3O/c1-46-31-17-21-34(22-18-31)47(35-23-25-38-37-11-5-6-13-42(37)49-43(38)28-35)33-19-14-29(15-20-33)36-26-27-41-45-39(36)24-16-30-8-7-12-40(44(30)45)48(41)32-9-3-2-4-10-32/h2-28H. The van der Waals surface area contributed by atoms with E-state index in [1.807, 2.05) is 42.5 Å². The van der Waals surface area contributed by atoms with E-state index in [4.69, 9.17) is 11.0 Å². The Kier molecular flexibility index (Phi) is 5.90. The Hall–Kier alpha value is -6.83. The quantitative estimate of drug-likeness (QED) is 0.140. The molecule has 0 radical (unpaired) electrons. The Balaban J connectivity index is 1.12. The molecule has 0 aliphatic rings. The van der Waals surface area contributed by atoms with Crippen LogP contribution in [0.5, 0.6) is 0 Å². The molecule has 0 bridgehead atoms. The van der Waals surface area contributed by atoms with E-state index in [2.05, 4.69) is 136 Å². The van der Waals surface area contributed by atoms with Crippen molar-refractivity contribution in [2.75, 3.05) is 4.90 Å². The number of hydrogen-bond donors (Lipinski definition) is 0. The number of rotatable bonds is 5. The molecule has 2 aromatic heterocycles. The molecule has 0 spiro atoms. The number of anilines is 3. The molecule has 0 aliphatic carbocycles. The van der Waals surface area contributed by atoms with Crippen molar-refractivity contribution in [2.24, 2.45) is 0 Å². The highest BCUT2D eigenvalue weighted by Gasteiger charge is 2.20. The molecule has 0 aliphatic heterocycles. The Morgan fingerprint density at radius 3 is 2.02 bits per heavy atom. The first-order chi connectivity index (χ1) is 24.2. The van der Waals surface area contributed by atoms with E-state index in [0.29, 0.717) is 5.69 Å².